The number of benzene rings is 1. The van der Waals surface area contributed by atoms with E-state index in [1.165, 1.54) is 11.1 Å². The maximum Gasteiger partial charge on any atom is 0.490 e. The number of alkyl halides is 9. The van der Waals surface area contributed by atoms with Crippen LogP contribution in [-0.4, -0.2) is 96.8 Å². The predicted octanol–water partition coefficient (Wildman–Crippen LogP) is 4.83. The van der Waals surface area contributed by atoms with Crippen LogP contribution in [0.2, 0.25) is 0 Å². The minimum Gasteiger partial charge on any atom is -0.497 e. The molecule has 0 amide bonds. The molecule has 0 spiro atoms. The van der Waals surface area contributed by atoms with Gasteiger partial charge in [0.15, 0.2) is 0 Å². The van der Waals surface area contributed by atoms with Crippen LogP contribution in [0.15, 0.2) is 55.0 Å². The predicted molar refractivity (Wildman–Crippen MR) is 150 cm³/mol. The smallest absolute Gasteiger partial charge is 0.490 e. The summed E-state index contributed by atoms with van der Waals surface area (Å²) in [6, 6.07) is 12.4. The third kappa shape index (κ3) is 16.6. The first kappa shape index (κ1) is 42.1. The molecule has 1 aliphatic heterocycles. The van der Waals surface area contributed by atoms with Crippen molar-refractivity contribution in [2.75, 3.05) is 20.7 Å². The van der Waals surface area contributed by atoms with Gasteiger partial charge in [-0.05, 0) is 36.4 Å². The molecule has 49 heavy (non-hydrogen) atoms. The molecule has 3 N–H and O–H groups in total. The fourth-order valence-electron chi connectivity index (χ4n) is 3.70. The number of hydrogen-bond donors (Lipinski definition) is 3. The molecule has 0 unspecified atom stereocenters. The molecule has 0 aliphatic carbocycles. The fraction of sp³-hybridized carbons (Fsp3) is 0.393. The van der Waals surface area contributed by atoms with E-state index in [4.69, 9.17) is 39.4 Å². The number of carboxylic acids is 3. The van der Waals surface area contributed by atoms with Crippen LogP contribution in [0, 0.1) is 0 Å². The van der Waals surface area contributed by atoms with Crippen molar-refractivity contribution in [3.8, 4) is 5.75 Å². The summed E-state index contributed by atoms with van der Waals surface area (Å²) in [6.45, 7) is 5.57. The zero-order valence-corrected chi connectivity index (χ0v) is 25.6. The van der Waals surface area contributed by atoms with E-state index < -0.39 is 36.4 Å². The number of methoxy groups -OCH3 is 1. The van der Waals surface area contributed by atoms with Crippen LogP contribution < -0.4 is 4.74 Å². The van der Waals surface area contributed by atoms with Gasteiger partial charge in [0.25, 0.3) is 0 Å². The number of rotatable bonds is 7. The number of pyridine rings is 1. The Morgan fingerprint density at radius 2 is 1.33 bits per heavy atom. The molecule has 1 aliphatic rings. The van der Waals surface area contributed by atoms with Crippen LogP contribution >= 0.6 is 0 Å². The second-order valence-corrected chi connectivity index (χ2v) is 9.84. The van der Waals surface area contributed by atoms with E-state index in [9.17, 15) is 39.5 Å². The normalized spacial score (nSPS) is 13.0. The van der Waals surface area contributed by atoms with Crippen LogP contribution in [0.25, 0.3) is 0 Å². The topological polar surface area (TPSA) is 158 Å². The number of ether oxygens (including phenoxy) is 1. The molecular weight excluding hydrogens is 689 g/mol. The highest BCUT2D eigenvalue weighted by molar-refractivity contribution is 5.73. The fourth-order valence-corrected chi connectivity index (χ4v) is 3.70. The van der Waals surface area contributed by atoms with Crippen molar-refractivity contribution >= 4 is 17.9 Å². The molecule has 272 valence electrons. The molecule has 0 saturated heterocycles. The Balaban J connectivity index is 0.000000467. The SMILES string of the molecule is COc1ccc(CN2CCn3cc(CN(C)Cc4cccnc4)nc3C2)cc1.O=C(O)C(F)(F)F.O=C(O)C(F)(F)F.O=C(O)C(F)(F)F. The average molecular weight is 720 g/mol. The number of carbonyl (C=O) groups is 3. The summed E-state index contributed by atoms with van der Waals surface area (Å²) < 4.78 is 103. The molecule has 0 bridgehead atoms. The first-order valence-corrected chi connectivity index (χ1v) is 13.4. The first-order chi connectivity index (χ1) is 22.5. The van der Waals surface area contributed by atoms with E-state index in [2.05, 4.69) is 50.8 Å². The Kier molecular flexibility index (Phi) is 16.0. The lowest BCUT2D eigenvalue weighted by molar-refractivity contribution is -0.193. The molecule has 3 aromatic rings. The minimum absolute atomic E-state index is 0.841. The van der Waals surface area contributed by atoms with Crippen molar-refractivity contribution in [3.63, 3.8) is 0 Å². The summed E-state index contributed by atoms with van der Waals surface area (Å²) in [5.41, 5.74) is 3.66. The number of nitrogens with zero attached hydrogens (tertiary/aromatic N) is 5. The molecule has 12 nitrogen and oxygen atoms in total. The molecule has 0 radical (unpaired) electrons. The van der Waals surface area contributed by atoms with Gasteiger partial charge in [-0.1, -0.05) is 18.2 Å². The van der Waals surface area contributed by atoms with E-state index in [-0.39, 0.29) is 0 Å². The Morgan fingerprint density at radius 3 is 1.76 bits per heavy atom. The first-order valence-electron chi connectivity index (χ1n) is 13.4. The third-order valence-corrected chi connectivity index (χ3v) is 5.83. The third-order valence-electron chi connectivity index (χ3n) is 5.83. The molecule has 21 heteroatoms. The quantitative estimate of drug-likeness (QED) is 0.287. The van der Waals surface area contributed by atoms with Gasteiger partial charge in [-0.2, -0.15) is 39.5 Å². The van der Waals surface area contributed by atoms with Gasteiger partial charge in [0.2, 0.25) is 0 Å². The summed E-state index contributed by atoms with van der Waals surface area (Å²) >= 11 is 0. The van der Waals surface area contributed by atoms with E-state index in [1.54, 1.807) is 7.11 Å². The van der Waals surface area contributed by atoms with Crippen LogP contribution in [0.1, 0.15) is 22.6 Å². The van der Waals surface area contributed by atoms with Crippen molar-refractivity contribution in [1.82, 2.24) is 24.3 Å². The molecule has 1 aromatic carbocycles. The van der Waals surface area contributed by atoms with Crippen LogP contribution in [0.4, 0.5) is 39.5 Å². The van der Waals surface area contributed by atoms with Gasteiger partial charge in [-0.15, -0.1) is 0 Å². The van der Waals surface area contributed by atoms with Crippen LogP contribution in [0.3, 0.4) is 0 Å². The van der Waals surface area contributed by atoms with E-state index in [1.807, 2.05) is 30.6 Å². The molecule has 0 atom stereocenters. The molecule has 0 fully saturated rings. The number of aliphatic carboxylic acids is 3. The summed E-state index contributed by atoms with van der Waals surface area (Å²) in [5, 5.41) is 21.4. The lowest BCUT2D eigenvalue weighted by atomic mass is 10.2. The molecule has 4 rings (SSSR count). The molecule has 3 heterocycles. The standard InChI is InChI=1S/C22H27N5O.3C2HF3O2/c1-25(13-19-4-3-9-23-12-19)15-20-16-27-11-10-26(17-22(27)24-20)14-18-5-7-21(28-2)8-6-18;3*3-2(4,5)1(6)7/h3-9,12,16H,10-11,13-15,17H2,1-2H3;3*(H,6,7). The maximum atomic E-state index is 10.6. The monoisotopic (exact) mass is 719 g/mol. The van der Waals surface area contributed by atoms with Gasteiger partial charge in [-0.3, -0.25) is 14.8 Å². The second-order valence-electron chi connectivity index (χ2n) is 9.84. The zero-order chi connectivity index (χ0) is 37.6. The van der Waals surface area contributed by atoms with Gasteiger partial charge >= 0.3 is 36.4 Å². The summed E-state index contributed by atoms with van der Waals surface area (Å²) in [6.07, 6.45) is -9.31. The van der Waals surface area contributed by atoms with Gasteiger partial charge in [-0.25, -0.2) is 19.4 Å². The summed E-state index contributed by atoms with van der Waals surface area (Å²) in [4.78, 5) is 40.5. The number of carboxylic acid groups (broad SMARTS) is 3. The van der Waals surface area contributed by atoms with E-state index in [0.29, 0.717) is 0 Å². The number of halogens is 9. The van der Waals surface area contributed by atoms with Crippen molar-refractivity contribution in [2.45, 2.75) is 51.3 Å². The minimum atomic E-state index is -5.08. The number of fused-ring (bicyclic) bond motifs is 1. The molecule has 0 saturated carbocycles. The van der Waals surface area contributed by atoms with E-state index >= 15 is 0 Å². The van der Waals surface area contributed by atoms with Crippen molar-refractivity contribution in [3.05, 3.63) is 77.6 Å². The number of hydrogen-bond acceptors (Lipinski definition) is 8. The van der Waals surface area contributed by atoms with Crippen LogP contribution in [0.5, 0.6) is 5.75 Å². The highest BCUT2D eigenvalue weighted by atomic mass is 19.4. The van der Waals surface area contributed by atoms with E-state index in [0.717, 1.165) is 56.5 Å². The Bertz CT molecular complexity index is 1420. The van der Waals surface area contributed by atoms with Crippen molar-refractivity contribution in [1.29, 1.82) is 0 Å². The van der Waals surface area contributed by atoms with Gasteiger partial charge in [0.1, 0.15) is 11.6 Å². The lowest BCUT2D eigenvalue weighted by Gasteiger charge is -2.27. The second kappa shape index (κ2) is 18.6. The lowest BCUT2D eigenvalue weighted by Crippen LogP contribution is -2.33. The zero-order valence-electron chi connectivity index (χ0n) is 25.6. The largest absolute Gasteiger partial charge is 0.497 e. The molecular formula is C28H30F9N5O7. The summed E-state index contributed by atoms with van der Waals surface area (Å²) in [5.74, 6) is -6.21. The summed E-state index contributed by atoms with van der Waals surface area (Å²) in [7, 11) is 3.83. The van der Waals surface area contributed by atoms with Crippen molar-refractivity contribution < 1.29 is 74.0 Å². The average Bonchev–Trinajstić information content (AvgIpc) is 3.39. The Labute approximate surface area is 272 Å². The maximum absolute atomic E-state index is 10.6. The Morgan fingerprint density at radius 1 is 0.816 bits per heavy atom. The van der Waals surface area contributed by atoms with Crippen LogP contribution in [-0.2, 0) is 47.1 Å². The number of aromatic nitrogens is 3. The molecule has 2 aromatic heterocycles. The van der Waals surface area contributed by atoms with Gasteiger partial charge in [0, 0.05) is 51.3 Å². The number of imidazole rings is 1. The Hall–Kier alpha value is -4.92. The highest BCUT2D eigenvalue weighted by Crippen LogP contribution is 2.19. The highest BCUT2D eigenvalue weighted by Gasteiger charge is 2.39. The van der Waals surface area contributed by atoms with Crippen molar-refractivity contribution in [2.24, 2.45) is 0 Å². The van der Waals surface area contributed by atoms with Gasteiger partial charge < -0.3 is 24.6 Å². The van der Waals surface area contributed by atoms with Gasteiger partial charge in [0.05, 0.1) is 19.3 Å².